The minimum atomic E-state index is -1.23. The third-order valence-corrected chi connectivity index (χ3v) is 7.03. The number of carbonyl (C=O) groups is 3. The lowest BCUT2D eigenvalue weighted by atomic mass is 9.89. The van der Waals surface area contributed by atoms with E-state index >= 15 is 0 Å². The fourth-order valence-corrected chi connectivity index (χ4v) is 4.34. The first-order valence-electron chi connectivity index (χ1n) is 13.2. The minimum absolute atomic E-state index is 0.0122. The first kappa shape index (κ1) is 33.8. The lowest BCUT2D eigenvalue weighted by Gasteiger charge is -2.27. The molecule has 0 aliphatic heterocycles. The molecule has 41 heavy (non-hydrogen) atoms. The van der Waals surface area contributed by atoms with E-state index in [1.807, 2.05) is 0 Å². The lowest BCUT2D eigenvalue weighted by Crippen LogP contribution is -2.49. The van der Waals surface area contributed by atoms with Crippen LogP contribution in [0.5, 0.6) is 5.75 Å². The number of hydrogen-bond donors (Lipinski definition) is 5. The molecule has 5 N–H and O–H groups in total. The second-order valence-corrected chi connectivity index (χ2v) is 10.2. The number of rotatable bonds is 15. The zero-order valence-electron chi connectivity index (χ0n) is 23.6. The van der Waals surface area contributed by atoms with Crippen LogP contribution in [0.25, 0.3) is 0 Å². The summed E-state index contributed by atoms with van der Waals surface area (Å²) in [5, 5.41) is 37.2. The molecule has 224 valence electrons. The topological polar surface area (TPSA) is 154 Å². The van der Waals surface area contributed by atoms with E-state index in [0.717, 1.165) is 0 Å². The number of aliphatic hydroxyl groups is 3. The van der Waals surface area contributed by atoms with Gasteiger partial charge in [0.05, 0.1) is 37.4 Å². The highest BCUT2D eigenvalue weighted by Crippen LogP contribution is 2.26. The summed E-state index contributed by atoms with van der Waals surface area (Å²) >= 11 is 6.22. The van der Waals surface area contributed by atoms with Gasteiger partial charge in [-0.3, -0.25) is 14.4 Å². The fraction of sp³-hybridized carbons (Fsp3) is 0.433. The highest BCUT2D eigenvalue weighted by Gasteiger charge is 2.29. The molecule has 2 amide bonds. The van der Waals surface area contributed by atoms with Crippen LogP contribution in [0.2, 0.25) is 5.02 Å². The summed E-state index contributed by atoms with van der Waals surface area (Å²) in [6.07, 6.45) is -0.718. The van der Waals surface area contributed by atoms with Crippen molar-refractivity contribution in [2.45, 2.75) is 51.0 Å². The second kappa shape index (κ2) is 16.7. The first-order valence-corrected chi connectivity index (χ1v) is 13.6. The first-order chi connectivity index (χ1) is 19.5. The molecule has 0 unspecified atom stereocenters. The lowest BCUT2D eigenvalue weighted by molar-refractivity contribution is -0.144. The Hall–Kier alpha value is -3.44. The van der Waals surface area contributed by atoms with Gasteiger partial charge in [0, 0.05) is 18.9 Å². The van der Waals surface area contributed by atoms with E-state index in [1.54, 1.807) is 62.4 Å². The van der Waals surface area contributed by atoms with Crippen molar-refractivity contribution >= 4 is 29.4 Å². The van der Waals surface area contributed by atoms with E-state index < -0.39 is 54.0 Å². The molecular weight excluding hydrogens is 552 g/mol. The number of hydrogen-bond acceptors (Lipinski definition) is 8. The van der Waals surface area contributed by atoms with Crippen molar-refractivity contribution < 1.29 is 39.2 Å². The van der Waals surface area contributed by atoms with Crippen LogP contribution in [-0.2, 0) is 25.5 Å². The van der Waals surface area contributed by atoms with Crippen molar-refractivity contribution in [2.75, 3.05) is 20.8 Å². The molecule has 0 spiro atoms. The number of aliphatic hydroxyl groups excluding tert-OH is 3. The Labute approximate surface area is 245 Å². The Balaban J connectivity index is 2.04. The maximum absolute atomic E-state index is 13.0. The van der Waals surface area contributed by atoms with E-state index in [0.29, 0.717) is 21.9 Å². The van der Waals surface area contributed by atoms with Gasteiger partial charge in [-0.25, -0.2) is 0 Å². The highest BCUT2D eigenvalue weighted by molar-refractivity contribution is 6.32. The van der Waals surface area contributed by atoms with Crippen LogP contribution in [0, 0.1) is 11.8 Å². The standard InChI is InChI=1S/C30H39ClN2O8/c1-18(30(39)41-4)17-32-29(38)23(16-20-13-14-25(40-3)22(31)15-20)33-26(35)12-8-11-24(34)19(2)27(36)28(37)21-9-6-5-7-10-21/h5-10,12-15,18-19,23-24,27-28,34,36-37H,11,16-17H2,1-4H3,(H,32,38)(H,33,35)/b12-8+/t18-,19+,23+,24+,27-,28+/m1/s1. The van der Waals surface area contributed by atoms with Gasteiger partial charge in [-0.2, -0.15) is 0 Å². The average molecular weight is 591 g/mol. The van der Waals surface area contributed by atoms with Crippen molar-refractivity contribution in [2.24, 2.45) is 11.8 Å². The third-order valence-electron chi connectivity index (χ3n) is 6.73. The molecule has 0 fully saturated rings. The summed E-state index contributed by atoms with van der Waals surface area (Å²) in [6, 6.07) is 12.6. The van der Waals surface area contributed by atoms with Gasteiger partial charge in [-0.1, -0.05) is 67.9 Å². The van der Waals surface area contributed by atoms with Gasteiger partial charge < -0.3 is 35.4 Å². The molecule has 0 aliphatic rings. The average Bonchev–Trinajstić information content (AvgIpc) is 2.98. The highest BCUT2D eigenvalue weighted by atomic mass is 35.5. The number of halogens is 1. The van der Waals surface area contributed by atoms with Crippen LogP contribution in [0.1, 0.15) is 37.5 Å². The molecule has 2 aromatic rings. The number of ether oxygens (including phenoxy) is 2. The molecule has 0 aromatic heterocycles. The molecule has 0 saturated heterocycles. The molecule has 0 heterocycles. The van der Waals surface area contributed by atoms with Crippen molar-refractivity contribution in [1.29, 1.82) is 0 Å². The van der Waals surface area contributed by atoms with Crippen molar-refractivity contribution in [3.63, 3.8) is 0 Å². The molecule has 0 radical (unpaired) electrons. The Morgan fingerprint density at radius 2 is 1.71 bits per heavy atom. The number of esters is 1. The normalized spacial score (nSPS) is 15.7. The SMILES string of the molecule is COC(=O)[C@H](C)CNC(=O)[C@H](Cc1ccc(OC)c(Cl)c1)NC(=O)/C=C/C[C@H](O)[C@H](C)[C@@H](O)[C@@H](O)c1ccccc1. The third kappa shape index (κ3) is 10.5. The van der Waals surface area contributed by atoms with Gasteiger partial charge in [0.15, 0.2) is 0 Å². The predicted molar refractivity (Wildman–Crippen MR) is 154 cm³/mol. The molecule has 0 aliphatic carbocycles. The summed E-state index contributed by atoms with van der Waals surface area (Å²) in [6.45, 7) is 3.22. The van der Waals surface area contributed by atoms with Gasteiger partial charge in [0.2, 0.25) is 11.8 Å². The van der Waals surface area contributed by atoms with E-state index in [1.165, 1.54) is 26.4 Å². The van der Waals surface area contributed by atoms with E-state index in [2.05, 4.69) is 15.4 Å². The number of benzene rings is 2. The second-order valence-electron chi connectivity index (χ2n) is 9.81. The Kier molecular flexibility index (Phi) is 13.8. The maximum atomic E-state index is 13.0. The molecule has 0 bridgehead atoms. The quantitative estimate of drug-likeness (QED) is 0.156. The zero-order chi connectivity index (χ0) is 30.5. The number of carbonyl (C=O) groups excluding carboxylic acids is 3. The van der Waals surface area contributed by atoms with Crippen molar-refractivity contribution in [1.82, 2.24) is 10.6 Å². The van der Waals surface area contributed by atoms with Gasteiger partial charge in [0.25, 0.3) is 0 Å². The zero-order valence-corrected chi connectivity index (χ0v) is 24.4. The van der Waals surface area contributed by atoms with Crippen LogP contribution >= 0.6 is 11.6 Å². The molecule has 0 saturated carbocycles. The van der Waals surface area contributed by atoms with Crippen LogP contribution in [0.3, 0.4) is 0 Å². The van der Waals surface area contributed by atoms with Crippen LogP contribution in [0.4, 0.5) is 0 Å². The van der Waals surface area contributed by atoms with Crippen LogP contribution in [0.15, 0.2) is 60.7 Å². The van der Waals surface area contributed by atoms with Crippen molar-refractivity contribution in [3.8, 4) is 5.75 Å². The summed E-state index contributed by atoms with van der Waals surface area (Å²) in [5.41, 5.74) is 1.19. The molecule has 11 heteroatoms. The van der Waals surface area contributed by atoms with E-state index in [4.69, 9.17) is 16.3 Å². The molecule has 6 atom stereocenters. The van der Waals surface area contributed by atoms with Gasteiger partial charge in [-0.15, -0.1) is 0 Å². The van der Waals surface area contributed by atoms with Gasteiger partial charge in [-0.05, 0) is 35.8 Å². The number of nitrogens with one attached hydrogen (secondary N) is 2. The summed E-state index contributed by atoms with van der Waals surface area (Å²) in [7, 11) is 2.74. The van der Waals surface area contributed by atoms with Crippen LogP contribution < -0.4 is 15.4 Å². The van der Waals surface area contributed by atoms with Gasteiger partial charge in [0.1, 0.15) is 17.9 Å². The van der Waals surface area contributed by atoms with Gasteiger partial charge >= 0.3 is 5.97 Å². The van der Waals surface area contributed by atoms with E-state index in [-0.39, 0.29) is 19.4 Å². The Morgan fingerprint density at radius 3 is 2.32 bits per heavy atom. The summed E-state index contributed by atoms with van der Waals surface area (Å²) < 4.78 is 9.85. The monoisotopic (exact) mass is 590 g/mol. The Bertz CT molecular complexity index is 1180. The largest absolute Gasteiger partial charge is 0.495 e. The maximum Gasteiger partial charge on any atom is 0.310 e. The van der Waals surface area contributed by atoms with Crippen molar-refractivity contribution in [3.05, 3.63) is 76.8 Å². The number of amides is 2. The summed E-state index contributed by atoms with van der Waals surface area (Å²) in [5.74, 6) is -2.41. The molecular formula is C30H39ClN2O8. The van der Waals surface area contributed by atoms with E-state index in [9.17, 15) is 29.7 Å². The predicted octanol–water partition coefficient (Wildman–Crippen LogP) is 2.34. The molecule has 2 rings (SSSR count). The minimum Gasteiger partial charge on any atom is -0.495 e. The smallest absolute Gasteiger partial charge is 0.310 e. The molecule has 10 nitrogen and oxygen atoms in total. The number of methoxy groups -OCH3 is 2. The van der Waals surface area contributed by atoms with Crippen LogP contribution in [-0.4, -0.2) is 72.1 Å². The summed E-state index contributed by atoms with van der Waals surface area (Å²) in [4.78, 5) is 37.4. The Morgan fingerprint density at radius 1 is 1.02 bits per heavy atom. The molecule has 2 aromatic carbocycles. The fourth-order valence-electron chi connectivity index (χ4n) is 4.05.